The summed E-state index contributed by atoms with van der Waals surface area (Å²) in [4.78, 5) is 16.6. The zero-order chi connectivity index (χ0) is 16.8. The van der Waals surface area contributed by atoms with Crippen LogP contribution in [0.5, 0.6) is 0 Å². The quantitative estimate of drug-likeness (QED) is 0.733. The van der Waals surface area contributed by atoms with Gasteiger partial charge in [0.05, 0.1) is 0 Å². The Morgan fingerprint density at radius 1 is 1.22 bits per heavy atom. The predicted molar refractivity (Wildman–Crippen MR) is 95.8 cm³/mol. The van der Waals surface area contributed by atoms with Gasteiger partial charge < -0.3 is 14.5 Å². The van der Waals surface area contributed by atoms with E-state index < -0.39 is 5.60 Å². The number of anilines is 1. The molecule has 5 heteroatoms. The molecule has 1 aromatic carbocycles. The molecule has 23 heavy (non-hydrogen) atoms. The van der Waals surface area contributed by atoms with Crippen LogP contribution in [0.15, 0.2) is 28.7 Å². The van der Waals surface area contributed by atoms with E-state index in [0.717, 1.165) is 30.7 Å². The number of hydrogen-bond acceptors (Lipinski definition) is 3. The summed E-state index contributed by atoms with van der Waals surface area (Å²) < 4.78 is 6.62. The van der Waals surface area contributed by atoms with Crippen molar-refractivity contribution in [1.29, 1.82) is 0 Å². The van der Waals surface area contributed by atoms with Crippen LogP contribution >= 0.6 is 15.9 Å². The zero-order valence-corrected chi connectivity index (χ0v) is 15.9. The lowest BCUT2D eigenvalue weighted by Crippen LogP contribution is -2.39. The summed E-state index contributed by atoms with van der Waals surface area (Å²) in [6, 6.07) is 8.47. The Kier molecular flexibility index (Phi) is 4.11. The number of carbonyl (C=O) groups excluding carboxylic acids is 1. The highest BCUT2D eigenvalue weighted by Crippen LogP contribution is 2.44. The second kappa shape index (κ2) is 5.69. The minimum Gasteiger partial charge on any atom is -0.444 e. The Balaban J connectivity index is 1.66. The second-order valence-electron chi connectivity index (χ2n) is 8.07. The van der Waals surface area contributed by atoms with E-state index in [1.165, 1.54) is 5.69 Å². The third kappa shape index (κ3) is 3.49. The molecule has 1 amide bonds. The summed E-state index contributed by atoms with van der Waals surface area (Å²) in [5.41, 5.74) is 0.969. The molecule has 4 nitrogen and oxygen atoms in total. The third-order valence-corrected chi connectivity index (χ3v) is 5.34. The van der Waals surface area contributed by atoms with E-state index in [1.807, 2.05) is 25.7 Å². The molecule has 0 bridgehead atoms. The first-order valence-electron chi connectivity index (χ1n) is 8.15. The van der Waals surface area contributed by atoms with Gasteiger partial charge in [0, 0.05) is 47.7 Å². The minimum absolute atomic E-state index is 0.143. The van der Waals surface area contributed by atoms with Gasteiger partial charge in [-0.05, 0) is 45.0 Å². The molecular formula is C18H25BrN2O2. The largest absolute Gasteiger partial charge is 0.444 e. The Hall–Kier alpha value is -1.23. The Bertz CT molecular complexity index is 596. The van der Waals surface area contributed by atoms with E-state index >= 15 is 0 Å². The fourth-order valence-corrected chi connectivity index (χ4v) is 3.92. The Labute approximate surface area is 146 Å². The molecule has 0 aromatic heterocycles. The summed E-state index contributed by atoms with van der Waals surface area (Å²) in [5.74, 6) is 0.499. The van der Waals surface area contributed by atoms with E-state index in [-0.39, 0.29) is 11.5 Å². The summed E-state index contributed by atoms with van der Waals surface area (Å²) in [7, 11) is 0. The van der Waals surface area contributed by atoms with E-state index in [9.17, 15) is 4.79 Å². The highest BCUT2D eigenvalue weighted by Gasteiger charge is 2.51. The summed E-state index contributed by atoms with van der Waals surface area (Å²) in [6.07, 6.45) is -0.177. The van der Waals surface area contributed by atoms with Crippen LogP contribution in [0.4, 0.5) is 10.5 Å². The monoisotopic (exact) mass is 380 g/mol. The zero-order valence-electron chi connectivity index (χ0n) is 14.3. The molecule has 0 radical (unpaired) electrons. The molecule has 2 fully saturated rings. The number of rotatable bonds is 1. The minimum atomic E-state index is -0.431. The first-order valence-corrected chi connectivity index (χ1v) is 8.94. The van der Waals surface area contributed by atoms with E-state index in [4.69, 9.17) is 4.74 Å². The molecule has 126 valence electrons. The van der Waals surface area contributed by atoms with Crippen molar-refractivity contribution < 1.29 is 9.53 Å². The van der Waals surface area contributed by atoms with Crippen molar-refractivity contribution in [2.45, 2.75) is 33.3 Å². The van der Waals surface area contributed by atoms with Gasteiger partial charge in [-0.25, -0.2) is 4.79 Å². The normalized spacial score (nSPS) is 27.3. The van der Waals surface area contributed by atoms with Crippen LogP contribution < -0.4 is 4.90 Å². The van der Waals surface area contributed by atoms with Gasteiger partial charge in [0.2, 0.25) is 0 Å². The van der Waals surface area contributed by atoms with Crippen molar-refractivity contribution in [1.82, 2.24) is 4.90 Å². The maximum absolute atomic E-state index is 12.3. The maximum atomic E-state index is 12.3. The van der Waals surface area contributed by atoms with E-state index in [1.54, 1.807) is 0 Å². The van der Waals surface area contributed by atoms with Gasteiger partial charge in [-0.1, -0.05) is 22.9 Å². The van der Waals surface area contributed by atoms with Crippen LogP contribution in [-0.2, 0) is 4.74 Å². The van der Waals surface area contributed by atoms with Crippen LogP contribution in [0.1, 0.15) is 27.7 Å². The van der Waals surface area contributed by atoms with Crippen molar-refractivity contribution in [3.05, 3.63) is 28.7 Å². The fraction of sp³-hybridized carbons (Fsp3) is 0.611. The summed E-state index contributed by atoms with van der Waals surface area (Å²) >= 11 is 3.48. The number of carbonyl (C=O) groups is 1. The topological polar surface area (TPSA) is 32.8 Å². The predicted octanol–water partition coefficient (Wildman–Crippen LogP) is 4.14. The lowest BCUT2D eigenvalue weighted by Gasteiger charge is -2.28. The molecular weight excluding hydrogens is 356 g/mol. The van der Waals surface area contributed by atoms with Crippen molar-refractivity contribution in [3.63, 3.8) is 0 Å². The lowest BCUT2D eigenvalue weighted by molar-refractivity contribution is 0.0274. The molecule has 1 unspecified atom stereocenters. The van der Waals surface area contributed by atoms with Crippen molar-refractivity contribution in [2.24, 2.45) is 11.3 Å². The van der Waals surface area contributed by atoms with Gasteiger partial charge in [-0.15, -0.1) is 0 Å². The number of ether oxygens (including phenoxy) is 1. The average molecular weight is 381 g/mol. The van der Waals surface area contributed by atoms with E-state index in [2.05, 4.69) is 52.0 Å². The van der Waals surface area contributed by atoms with Gasteiger partial charge in [-0.3, -0.25) is 0 Å². The molecule has 2 heterocycles. The second-order valence-corrected chi connectivity index (χ2v) is 8.98. The number of benzene rings is 1. The van der Waals surface area contributed by atoms with Gasteiger partial charge in [0.25, 0.3) is 0 Å². The maximum Gasteiger partial charge on any atom is 0.410 e. The smallest absolute Gasteiger partial charge is 0.410 e. The molecule has 2 saturated heterocycles. The van der Waals surface area contributed by atoms with Crippen LogP contribution in [0, 0.1) is 11.3 Å². The summed E-state index contributed by atoms with van der Waals surface area (Å²) in [5, 5.41) is 0. The average Bonchev–Trinajstić information content (AvgIpc) is 2.89. The lowest BCUT2D eigenvalue weighted by atomic mass is 9.83. The van der Waals surface area contributed by atoms with Crippen LogP contribution in [-0.4, -0.2) is 42.8 Å². The van der Waals surface area contributed by atoms with Gasteiger partial charge in [0.15, 0.2) is 0 Å². The Morgan fingerprint density at radius 2 is 1.87 bits per heavy atom. The van der Waals surface area contributed by atoms with E-state index in [0.29, 0.717) is 5.92 Å². The van der Waals surface area contributed by atoms with Gasteiger partial charge in [0.1, 0.15) is 5.60 Å². The molecule has 2 aliphatic heterocycles. The number of hydrogen-bond donors (Lipinski definition) is 0. The molecule has 0 N–H and O–H groups in total. The molecule has 2 atom stereocenters. The van der Waals surface area contributed by atoms with Crippen molar-refractivity contribution in [2.75, 3.05) is 31.1 Å². The summed E-state index contributed by atoms with van der Waals surface area (Å²) in [6.45, 7) is 11.6. The number of amides is 1. The highest BCUT2D eigenvalue weighted by molar-refractivity contribution is 9.10. The van der Waals surface area contributed by atoms with Crippen LogP contribution in [0.2, 0.25) is 0 Å². The Morgan fingerprint density at radius 3 is 2.43 bits per heavy atom. The number of halogens is 1. The first kappa shape index (κ1) is 16.6. The number of fused-ring (bicyclic) bond motifs is 1. The van der Waals surface area contributed by atoms with Gasteiger partial charge >= 0.3 is 6.09 Å². The van der Waals surface area contributed by atoms with Crippen molar-refractivity contribution >= 4 is 27.7 Å². The SMILES string of the molecule is CC(C)(C)OC(=O)N1CC2CN(c3ccc(Br)cc3)C[C@@]2(C)C1. The standard InChI is InChI=1S/C18H25BrN2O2/c1-17(2,3)23-16(22)21-10-13-9-20(11-18(13,4)12-21)15-7-5-14(19)6-8-15/h5-8,13H,9-12H2,1-4H3/t13?,18-/m0/s1. The number of nitrogens with zero attached hydrogens (tertiary/aromatic N) is 2. The number of likely N-dealkylation sites (tertiary alicyclic amines) is 1. The molecule has 0 aliphatic carbocycles. The van der Waals surface area contributed by atoms with Crippen LogP contribution in [0.25, 0.3) is 0 Å². The molecule has 0 spiro atoms. The molecule has 0 saturated carbocycles. The van der Waals surface area contributed by atoms with Crippen LogP contribution in [0.3, 0.4) is 0 Å². The highest BCUT2D eigenvalue weighted by atomic mass is 79.9. The van der Waals surface area contributed by atoms with Gasteiger partial charge in [-0.2, -0.15) is 0 Å². The first-order chi connectivity index (χ1) is 10.7. The fourth-order valence-electron chi connectivity index (χ4n) is 3.65. The third-order valence-electron chi connectivity index (χ3n) is 4.81. The van der Waals surface area contributed by atoms with Crippen molar-refractivity contribution in [3.8, 4) is 0 Å². The molecule has 1 aromatic rings. The molecule has 3 rings (SSSR count). The molecule has 2 aliphatic rings.